The summed E-state index contributed by atoms with van der Waals surface area (Å²) in [5.41, 5.74) is 0.532. The van der Waals surface area contributed by atoms with Crippen molar-refractivity contribution in [3.63, 3.8) is 0 Å². The van der Waals surface area contributed by atoms with Gasteiger partial charge in [0.1, 0.15) is 17.8 Å². The van der Waals surface area contributed by atoms with Gasteiger partial charge in [0, 0.05) is 25.9 Å². The first-order valence-corrected chi connectivity index (χ1v) is 9.07. The molecule has 0 aliphatic carbocycles. The number of rotatable bonds is 3. The number of fused-ring (bicyclic) bond motifs is 1. The van der Waals surface area contributed by atoms with Gasteiger partial charge in [-0.2, -0.15) is 10.1 Å². The van der Waals surface area contributed by atoms with E-state index in [9.17, 15) is 13.6 Å². The maximum absolute atomic E-state index is 13.3. The van der Waals surface area contributed by atoms with Gasteiger partial charge in [0.25, 0.3) is 18.1 Å². The van der Waals surface area contributed by atoms with Gasteiger partial charge in [-0.1, -0.05) is 6.92 Å². The van der Waals surface area contributed by atoms with Crippen molar-refractivity contribution in [3.8, 4) is 0 Å². The number of hydrogen-bond donors (Lipinski definition) is 0. The summed E-state index contributed by atoms with van der Waals surface area (Å²) in [6.07, 6.45) is -0.689. The molecule has 1 unspecified atom stereocenters. The Bertz CT molecular complexity index is 1030. The number of oxazole rings is 1. The van der Waals surface area contributed by atoms with Crippen molar-refractivity contribution in [1.82, 2.24) is 29.5 Å². The van der Waals surface area contributed by atoms with Crippen LogP contribution in [0, 0.1) is 19.8 Å². The Balaban J connectivity index is 1.70. The van der Waals surface area contributed by atoms with Gasteiger partial charge in [-0.25, -0.2) is 23.3 Å². The summed E-state index contributed by atoms with van der Waals surface area (Å²) in [6, 6.07) is 1.37. The van der Waals surface area contributed by atoms with Gasteiger partial charge < -0.3 is 9.32 Å². The third kappa shape index (κ3) is 3.12. The summed E-state index contributed by atoms with van der Waals surface area (Å²) in [5.74, 6) is 0.805. The number of aryl methyl sites for hydroxylation is 2. The Morgan fingerprint density at radius 1 is 1.32 bits per heavy atom. The molecule has 1 amide bonds. The third-order valence-corrected chi connectivity index (χ3v) is 5.25. The van der Waals surface area contributed by atoms with E-state index in [0.717, 1.165) is 6.42 Å². The summed E-state index contributed by atoms with van der Waals surface area (Å²) in [4.78, 5) is 26.7. The monoisotopic (exact) mass is 390 g/mol. The molecule has 8 nitrogen and oxygen atoms in total. The number of likely N-dealkylation sites (tertiary alicyclic amines) is 1. The molecule has 0 spiro atoms. The summed E-state index contributed by atoms with van der Waals surface area (Å²) in [6.45, 7) is 6.37. The predicted molar refractivity (Wildman–Crippen MR) is 94.1 cm³/mol. The highest BCUT2D eigenvalue weighted by Gasteiger charge is 2.34. The molecule has 0 radical (unpaired) electrons. The van der Waals surface area contributed by atoms with Crippen molar-refractivity contribution < 1.29 is 18.0 Å². The molecule has 1 aliphatic rings. The van der Waals surface area contributed by atoms with Crippen molar-refractivity contribution in [2.75, 3.05) is 13.1 Å². The summed E-state index contributed by atoms with van der Waals surface area (Å²) in [7, 11) is 0. The highest BCUT2D eigenvalue weighted by atomic mass is 19.3. The minimum absolute atomic E-state index is 0.131. The van der Waals surface area contributed by atoms with Gasteiger partial charge in [-0.3, -0.25) is 4.79 Å². The van der Waals surface area contributed by atoms with E-state index < -0.39 is 6.43 Å². The van der Waals surface area contributed by atoms with Crippen LogP contribution in [0.15, 0.2) is 16.8 Å². The first kappa shape index (κ1) is 18.5. The molecule has 1 fully saturated rings. The summed E-state index contributed by atoms with van der Waals surface area (Å²) >= 11 is 0. The first-order chi connectivity index (χ1) is 13.3. The number of carbonyl (C=O) groups is 1. The number of aromatic nitrogens is 5. The number of amides is 1. The molecule has 1 saturated heterocycles. The number of carbonyl (C=O) groups excluding carboxylic acids is 1. The standard InChI is InChI=1S/C18H20F2N6O2/c1-9-4-5-25(17(27)15-10(2)28-11(3)23-15)7-12(9)14-6-13(16(19)20)24-18-21-8-22-26(14)18/h6,8-9,12,16H,4-5,7H2,1-3H3/t9-,12?/m1/s1. The lowest BCUT2D eigenvalue weighted by molar-refractivity contribution is 0.0658. The van der Waals surface area contributed by atoms with Crippen molar-refractivity contribution in [1.29, 1.82) is 0 Å². The molecule has 28 heavy (non-hydrogen) atoms. The fourth-order valence-electron chi connectivity index (χ4n) is 3.75. The maximum atomic E-state index is 13.3. The Morgan fingerprint density at radius 2 is 2.11 bits per heavy atom. The van der Waals surface area contributed by atoms with Crippen LogP contribution < -0.4 is 0 Å². The molecule has 2 atom stereocenters. The Kier molecular flexibility index (Phi) is 4.56. The van der Waals surface area contributed by atoms with Crippen LogP contribution in [0.3, 0.4) is 0 Å². The van der Waals surface area contributed by atoms with E-state index in [4.69, 9.17) is 4.42 Å². The molecule has 4 heterocycles. The van der Waals surface area contributed by atoms with Crippen molar-refractivity contribution in [3.05, 3.63) is 41.1 Å². The average molecular weight is 390 g/mol. The van der Waals surface area contributed by atoms with Crippen LogP contribution >= 0.6 is 0 Å². The number of nitrogens with zero attached hydrogens (tertiary/aromatic N) is 6. The van der Waals surface area contributed by atoms with Gasteiger partial charge in [0.15, 0.2) is 11.6 Å². The van der Waals surface area contributed by atoms with Crippen LogP contribution in [0.25, 0.3) is 5.78 Å². The minimum Gasteiger partial charge on any atom is -0.445 e. The molecule has 3 aromatic heterocycles. The second-order valence-corrected chi connectivity index (χ2v) is 7.14. The Labute approximate surface area is 159 Å². The van der Waals surface area contributed by atoms with Crippen LogP contribution in [-0.4, -0.2) is 48.5 Å². The zero-order valence-corrected chi connectivity index (χ0v) is 15.8. The largest absolute Gasteiger partial charge is 0.445 e. The third-order valence-electron chi connectivity index (χ3n) is 5.25. The summed E-state index contributed by atoms with van der Waals surface area (Å²) < 4.78 is 33.5. The van der Waals surface area contributed by atoms with Crippen molar-refractivity contribution >= 4 is 11.7 Å². The second-order valence-electron chi connectivity index (χ2n) is 7.14. The van der Waals surface area contributed by atoms with Gasteiger partial charge in [0.2, 0.25) is 0 Å². The molecule has 0 aromatic carbocycles. The highest BCUT2D eigenvalue weighted by molar-refractivity contribution is 5.93. The van der Waals surface area contributed by atoms with E-state index in [1.165, 1.54) is 16.9 Å². The molecule has 0 saturated carbocycles. The Hall–Kier alpha value is -2.91. The molecule has 0 bridgehead atoms. The van der Waals surface area contributed by atoms with Crippen LogP contribution in [0.2, 0.25) is 0 Å². The predicted octanol–water partition coefficient (Wildman–Crippen LogP) is 2.93. The van der Waals surface area contributed by atoms with Gasteiger partial charge in [-0.15, -0.1) is 0 Å². The number of hydrogen-bond acceptors (Lipinski definition) is 6. The number of halogens is 2. The topological polar surface area (TPSA) is 89.4 Å². The van der Waals surface area contributed by atoms with Gasteiger partial charge in [0.05, 0.1) is 5.69 Å². The molecule has 1 aliphatic heterocycles. The molecule has 0 N–H and O–H groups in total. The smallest absolute Gasteiger partial charge is 0.280 e. The van der Waals surface area contributed by atoms with Crippen molar-refractivity contribution in [2.45, 2.75) is 39.5 Å². The Morgan fingerprint density at radius 3 is 2.79 bits per heavy atom. The number of alkyl halides is 2. The minimum atomic E-state index is -2.71. The summed E-state index contributed by atoms with van der Waals surface area (Å²) in [5, 5.41) is 4.14. The molecule has 3 aromatic rings. The lowest BCUT2D eigenvalue weighted by atomic mass is 9.84. The fraction of sp³-hybridized carbons (Fsp3) is 0.500. The van der Waals surface area contributed by atoms with Crippen LogP contribution in [0.1, 0.15) is 59.2 Å². The van der Waals surface area contributed by atoms with Crippen LogP contribution in [0.4, 0.5) is 8.78 Å². The van der Waals surface area contributed by atoms with Crippen molar-refractivity contribution in [2.24, 2.45) is 5.92 Å². The molecule has 148 valence electrons. The molecule has 10 heteroatoms. The van der Waals surface area contributed by atoms with Crippen LogP contribution in [0.5, 0.6) is 0 Å². The quantitative estimate of drug-likeness (QED) is 0.683. The lowest BCUT2D eigenvalue weighted by Crippen LogP contribution is -2.43. The van der Waals surface area contributed by atoms with E-state index in [1.54, 1.807) is 18.7 Å². The number of piperidine rings is 1. The van der Waals surface area contributed by atoms with Gasteiger partial charge >= 0.3 is 0 Å². The fourth-order valence-corrected chi connectivity index (χ4v) is 3.75. The zero-order chi connectivity index (χ0) is 20.0. The second kappa shape index (κ2) is 6.92. The van der Waals surface area contributed by atoms with E-state index in [0.29, 0.717) is 36.1 Å². The van der Waals surface area contributed by atoms with E-state index in [-0.39, 0.29) is 29.2 Å². The average Bonchev–Trinajstić information content (AvgIpc) is 3.26. The lowest BCUT2D eigenvalue weighted by Gasteiger charge is -2.37. The SMILES string of the molecule is Cc1nc(C(=O)N2CC[C@@H](C)C(c3cc(C(F)F)nc4ncnn34)C2)c(C)o1. The van der Waals surface area contributed by atoms with Crippen LogP contribution in [-0.2, 0) is 0 Å². The molecular weight excluding hydrogens is 370 g/mol. The maximum Gasteiger partial charge on any atom is 0.280 e. The van der Waals surface area contributed by atoms with E-state index >= 15 is 0 Å². The molecular formula is C18H20F2N6O2. The van der Waals surface area contributed by atoms with E-state index in [1.807, 2.05) is 6.92 Å². The zero-order valence-electron chi connectivity index (χ0n) is 15.8. The highest BCUT2D eigenvalue weighted by Crippen LogP contribution is 2.34. The first-order valence-electron chi connectivity index (χ1n) is 9.07. The van der Waals surface area contributed by atoms with Gasteiger partial charge in [-0.05, 0) is 25.3 Å². The van der Waals surface area contributed by atoms with E-state index in [2.05, 4.69) is 20.1 Å². The molecule has 4 rings (SSSR count). The normalized spacial score (nSPS) is 20.3.